The van der Waals surface area contributed by atoms with Crippen molar-refractivity contribution in [2.45, 2.75) is 51.0 Å². The number of alkyl carbamates (subject to hydrolysis) is 2. The molecule has 0 radical (unpaired) electrons. The molecule has 0 saturated heterocycles. The van der Waals surface area contributed by atoms with Crippen LogP contribution in [0.5, 0.6) is 0 Å². The number of nitrogens with one attached hydrogen (secondary N) is 2. The number of carbonyl (C=O) groups excluding carboxylic acids is 2. The molecule has 0 aliphatic rings. The average Bonchev–Trinajstić information content (AvgIpc) is 2.47. The third-order valence-electron chi connectivity index (χ3n) is 3.03. The Balaban J connectivity index is 4.71. The van der Waals surface area contributed by atoms with Gasteiger partial charge in [0.15, 0.2) is 0 Å². The topological polar surface area (TPSA) is 117 Å². The third-order valence-corrected chi connectivity index (χ3v) is 3.03. The van der Waals surface area contributed by atoms with E-state index in [0.29, 0.717) is 12.8 Å². The van der Waals surface area contributed by atoms with E-state index in [9.17, 15) is 19.8 Å². The molecule has 0 spiro atoms. The van der Waals surface area contributed by atoms with E-state index >= 15 is 0 Å². The highest BCUT2D eigenvalue weighted by molar-refractivity contribution is 5.68. The number of hydrogen-bond donors (Lipinski definition) is 4. The van der Waals surface area contributed by atoms with Crippen molar-refractivity contribution in [3.8, 4) is 0 Å². The summed E-state index contributed by atoms with van der Waals surface area (Å²) in [4.78, 5) is 22.3. The predicted molar refractivity (Wildman–Crippen MR) is 71.3 cm³/mol. The molecule has 4 unspecified atom stereocenters. The molecule has 0 aromatic rings. The van der Waals surface area contributed by atoms with Crippen molar-refractivity contribution in [2.75, 3.05) is 14.2 Å². The zero-order valence-electron chi connectivity index (χ0n) is 12.3. The van der Waals surface area contributed by atoms with E-state index in [-0.39, 0.29) is 0 Å². The molecule has 0 bridgehead atoms. The normalized spacial score (nSPS) is 16.5. The summed E-state index contributed by atoms with van der Waals surface area (Å²) in [5.41, 5.74) is 0. The summed E-state index contributed by atoms with van der Waals surface area (Å²) in [6, 6.07) is -1.38. The van der Waals surface area contributed by atoms with Gasteiger partial charge in [-0.2, -0.15) is 0 Å². The lowest BCUT2D eigenvalue weighted by Crippen LogP contribution is -2.55. The molecule has 0 aliphatic carbocycles. The summed E-state index contributed by atoms with van der Waals surface area (Å²) < 4.78 is 8.90. The van der Waals surface area contributed by atoms with Crippen LogP contribution in [0.4, 0.5) is 9.59 Å². The first-order chi connectivity index (χ1) is 9.40. The van der Waals surface area contributed by atoms with Crippen LogP contribution in [-0.4, -0.2) is 60.9 Å². The summed E-state index contributed by atoms with van der Waals surface area (Å²) in [5.74, 6) is 0. The number of ether oxygens (including phenoxy) is 2. The van der Waals surface area contributed by atoms with Gasteiger partial charge >= 0.3 is 12.2 Å². The first-order valence-electron chi connectivity index (χ1n) is 6.46. The van der Waals surface area contributed by atoms with Crippen molar-refractivity contribution in [1.82, 2.24) is 10.6 Å². The van der Waals surface area contributed by atoms with E-state index in [2.05, 4.69) is 20.1 Å². The Bertz CT molecular complexity index is 282. The first-order valence-corrected chi connectivity index (χ1v) is 6.46. The fraction of sp³-hybridized carbons (Fsp3) is 0.833. The minimum Gasteiger partial charge on any atom is -0.453 e. The summed E-state index contributed by atoms with van der Waals surface area (Å²) in [6.07, 6.45) is -3.11. The van der Waals surface area contributed by atoms with E-state index in [1.165, 1.54) is 14.2 Å². The molecule has 0 aromatic carbocycles. The van der Waals surface area contributed by atoms with Gasteiger partial charge in [-0.1, -0.05) is 13.8 Å². The second-order valence-corrected chi connectivity index (χ2v) is 4.28. The molecule has 0 aliphatic heterocycles. The molecule has 8 nitrogen and oxygen atoms in total. The molecular formula is C12H24N2O6. The number of hydrogen-bond acceptors (Lipinski definition) is 6. The summed E-state index contributed by atoms with van der Waals surface area (Å²) in [5, 5.41) is 25.0. The van der Waals surface area contributed by atoms with Crippen LogP contribution in [0.1, 0.15) is 26.7 Å². The van der Waals surface area contributed by atoms with Crippen LogP contribution in [0, 0.1) is 0 Å². The summed E-state index contributed by atoms with van der Waals surface area (Å²) >= 11 is 0. The first kappa shape index (κ1) is 18.5. The van der Waals surface area contributed by atoms with E-state index in [1.54, 1.807) is 13.8 Å². The molecular weight excluding hydrogens is 268 g/mol. The summed E-state index contributed by atoms with van der Waals surface area (Å²) in [7, 11) is 2.41. The van der Waals surface area contributed by atoms with Crippen molar-refractivity contribution in [1.29, 1.82) is 0 Å². The maximum Gasteiger partial charge on any atom is 0.407 e. The molecule has 4 N–H and O–H groups in total. The Morgan fingerprint density at radius 2 is 1.20 bits per heavy atom. The SMILES string of the molecule is CCC(NC(=O)OC)C(O)C(O)C(CC)NC(=O)OC. The Morgan fingerprint density at radius 1 is 0.900 bits per heavy atom. The highest BCUT2D eigenvalue weighted by atomic mass is 16.5. The molecule has 0 rings (SSSR count). The zero-order chi connectivity index (χ0) is 15.7. The largest absolute Gasteiger partial charge is 0.453 e. The van der Waals surface area contributed by atoms with Crippen molar-refractivity contribution >= 4 is 12.2 Å². The van der Waals surface area contributed by atoms with E-state index in [4.69, 9.17) is 0 Å². The fourth-order valence-corrected chi connectivity index (χ4v) is 1.75. The Hall–Kier alpha value is -1.54. The molecule has 118 valence electrons. The predicted octanol–water partition coefficient (Wildman–Crippen LogP) is -0.0226. The van der Waals surface area contributed by atoms with Crippen molar-refractivity contribution in [3.63, 3.8) is 0 Å². The van der Waals surface area contributed by atoms with Gasteiger partial charge in [0.1, 0.15) is 12.2 Å². The van der Waals surface area contributed by atoms with Gasteiger partial charge in [-0.05, 0) is 12.8 Å². The van der Waals surface area contributed by atoms with Crippen LogP contribution in [0.3, 0.4) is 0 Å². The van der Waals surface area contributed by atoms with Gasteiger partial charge in [-0.25, -0.2) is 9.59 Å². The number of amides is 2. The highest BCUT2D eigenvalue weighted by Gasteiger charge is 2.32. The molecule has 0 aromatic heterocycles. The minimum atomic E-state index is -1.25. The van der Waals surface area contributed by atoms with Crippen LogP contribution < -0.4 is 10.6 Å². The maximum atomic E-state index is 11.2. The Kier molecular flexibility index (Phi) is 8.66. The van der Waals surface area contributed by atoms with Gasteiger partial charge in [-0.15, -0.1) is 0 Å². The zero-order valence-corrected chi connectivity index (χ0v) is 12.3. The molecule has 0 fully saturated rings. The van der Waals surface area contributed by atoms with Crippen LogP contribution in [-0.2, 0) is 9.47 Å². The van der Waals surface area contributed by atoms with E-state index in [1.807, 2.05) is 0 Å². The van der Waals surface area contributed by atoms with Crippen molar-refractivity contribution in [2.24, 2.45) is 0 Å². The number of aliphatic hydroxyl groups is 2. The van der Waals surface area contributed by atoms with Gasteiger partial charge in [0.25, 0.3) is 0 Å². The monoisotopic (exact) mass is 292 g/mol. The molecule has 4 atom stereocenters. The quantitative estimate of drug-likeness (QED) is 0.524. The fourth-order valence-electron chi connectivity index (χ4n) is 1.75. The second-order valence-electron chi connectivity index (χ2n) is 4.28. The lowest BCUT2D eigenvalue weighted by molar-refractivity contribution is -0.0242. The molecule has 2 amide bonds. The maximum absolute atomic E-state index is 11.2. The van der Waals surface area contributed by atoms with Crippen molar-refractivity contribution < 1.29 is 29.3 Å². The smallest absolute Gasteiger partial charge is 0.407 e. The standard InChI is InChI=1S/C12H24N2O6/c1-5-7(13-11(17)19-3)9(15)10(16)8(6-2)14-12(18)20-4/h7-10,15-16H,5-6H2,1-4H3,(H,13,17)(H,14,18). The van der Waals surface area contributed by atoms with Gasteiger partial charge in [0.05, 0.1) is 26.3 Å². The van der Waals surface area contributed by atoms with Crippen LogP contribution in [0.15, 0.2) is 0 Å². The van der Waals surface area contributed by atoms with Crippen LogP contribution in [0.2, 0.25) is 0 Å². The van der Waals surface area contributed by atoms with Gasteiger partial charge in [-0.3, -0.25) is 0 Å². The minimum absolute atomic E-state index is 0.391. The van der Waals surface area contributed by atoms with Crippen LogP contribution in [0.25, 0.3) is 0 Å². The van der Waals surface area contributed by atoms with Crippen molar-refractivity contribution in [3.05, 3.63) is 0 Å². The molecule has 0 heterocycles. The van der Waals surface area contributed by atoms with Gasteiger partial charge in [0.2, 0.25) is 0 Å². The number of aliphatic hydroxyl groups excluding tert-OH is 2. The number of methoxy groups -OCH3 is 2. The number of carbonyl (C=O) groups is 2. The number of rotatable bonds is 7. The Morgan fingerprint density at radius 3 is 1.40 bits per heavy atom. The van der Waals surface area contributed by atoms with E-state index in [0.717, 1.165) is 0 Å². The summed E-state index contributed by atoms with van der Waals surface area (Å²) in [6.45, 7) is 3.48. The van der Waals surface area contributed by atoms with Gasteiger partial charge in [0, 0.05) is 0 Å². The Labute approximate surface area is 118 Å². The van der Waals surface area contributed by atoms with Gasteiger partial charge < -0.3 is 30.3 Å². The average molecular weight is 292 g/mol. The van der Waals surface area contributed by atoms with E-state index < -0.39 is 36.5 Å². The highest BCUT2D eigenvalue weighted by Crippen LogP contribution is 2.11. The lowest BCUT2D eigenvalue weighted by Gasteiger charge is -2.31. The molecule has 0 saturated carbocycles. The molecule has 20 heavy (non-hydrogen) atoms. The molecule has 8 heteroatoms. The third kappa shape index (κ3) is 5.62. The van der Waals surface area contributed by atoms with Crippen LogP contribution >= 0.6 is 0 Å². The second kappa shape index (κ2) is 9.38. The lowest BCUT2D eigenvalue weighted by atomic mass is 9.96.